The molecular weight excluding hydrogens is 303 g/mol. The molecule has 0 saturated heterocycles. The van der Waals surface area contributed by atoms with Gasteiger partial charge in [-0.3, -0.25) is 0 Å². The number of hydrogen-bond donors (Lipinski definition) is 1. The molecule has 5 heteroatoms. The summed E-state index contributed by atoms with van der Waals surface area (Å²) in [5.74, 6) is -1.18. The Morgan fingerprint density at radius 3 is 2.00 bits per heavy atom. The van der Waals surface area contributed by atoms with E-state index in [4.69, 9.17) is 5.73 Å². The van der Waals surface area contributed by atoms with Crippen molar-refractivity contribution in [1.29, 1.82) is 0 Å². The van der Waals surface area contributed by atoms with E-state index in [1.165, 1.54) is 24.3 Å². The molecule has 0 amide bonds. The van der Waals surface area contributed by atoms with Crippen LogP contribution in [0, 0.1) is 0 Å². The van der Waals surface area contributed by atoms with Crippen LogP contribution in [0.4, 0.5) is 5.69 Å². The molecule has 12 heavy (non-hydrogen) atoms. The summed E-state index contributed by atoms with van der Waals surface area (Å²) in [7, 11) is 0. The van der Waals surface area contributed by atoms with Crippen molar-refractivity contribution in [3.63, 3.8) is 0 Å². The van der Waals surface area contributed by atoms with E-state index in [1.54, 1.807) is 0 Å². The minimum Gasteiger partial charge on any atom is -1.00 e. The van der Waals surface area contributed by atoms with Gasteiger partial charge in [0, 0.05) is 5.69 Å². The number of anilines is 1. The van der Waals surface area contributed by atoms with Gasteiger partial charge in [0.05, 0.1) is 5.97 Å². The number of carbonyl (C=O) groups excluding carboxylic acids is 1. The van der Waals surface area contributed by atoms with Crippen LogP contribution in [0.5, 0.6) is 0 Å². The molecule has 0 aromatic heterocycles. The topological polar surface area (TPSA) is 66.2 Å². The maximum atomic E-state index is 10.2. The smallest absolute Gasteiger partial charge is 1.00 e. The second-order valence-electron chi connectivity index (χ2n) is 1.91. The maximum Gasteiger partial charge on any atom is 2.00 e. The maximum absolute atomic E-state index is 10.2. The van der Waals surface area contributed by atoms with Gasteiger partial charge in [0.15, 0.2) is 0 Å². The number of rotatable bonds is 1. The van der Waals surface area contributed by atoms with Gasteiger partial charge in [-0.15, -0.1) is 0 Å². The standard InChI is InChI=1S/C7H7NO2.Ba.ClH/c8-6-3-1-5(2-4-6)7(9)10;;/h1-4H,8H2,(H,9,10);;1H/q;+2;/p-2. The number of carbonyl (C=O) groups is 1. The van der Waals surface area contributed by atoms with E-state index >= 15 is 0 Å². The first kappa shape index (κ1) is 14.9. The van der Waals surface area contributed by atoms with Crippen LogP contribution in [0.1, 0.15) is 10.4 Å². The number of benzene rings is 1. The number of carboxylic acids is 1. The summed E-state index contributed by atoms with van der Waals surface area (Å²) >= 11 is 0. The van der Waals surface area contributed by atoms with Gasteiger partial charge in [-0.1, -0.05) is 12.1 Å². The molecule has 0 heterocycles. The number of aromatic carboxylic acids is 1. The van der Waals surface area contributed by atoms with Crippen LogP contribution >= 0.6 is 0 Å². The summed E-state index contributed by atoms with van der Waals surface area (Å²) < 4.78 is 0. The van der Waals surface area contributed by atoms with E-state index in [-0.39, 0.29) is 66.9 Å². The minimum absolute atomic E-state index is 0. The Hall–Kier alpha value is 0.351. The average molecular weight is 309 g/mol. The molecule has 0 unspecified atom stereocenters. The van der Waals surface area contributed by atoms with Gasteiger partial charge in [0.2, 0.25) is 0 Å². The summed E-state index contributed by atoms with van der Waals surface area (Å²) in [5.41, 5.74) is 6.01. The van der Waals surface area contributed by atoms with Gasteiger partial charge in [-0.05, 0) is 17.7 Å². The van der Waals surface area contributed by atoms with Gasteiger partial charge >= 0.3 is 48.9 Å². The molecule has 0 fully saturated rings. The van der Waals surface area contributed by atoms with Gasteiger partial charge in [-0.25, -0.2) is 0 Å². The number of nitrogen functional groups attached to an aromatic ring is 1. The van der Waals surface area contributed by atoms with E-state index < -0.39 is 5.97 Å². The Kier molecular flexibility index (Phi) is 8.45. The predicted octanol–water partition coefficient (Wildman–Crippen LogP) is -3.74. The van der Waals surface area contributed by atoms with Crippen molar-refractivity contribution < 1.29 is 22.3 Å². The second-order valence-corrected chi connectivity index (χ2v) is 1.91. The van der Waals surface area contributed by atoms with E-state index in [0.29, 0.717) is 5.69 Å². The molecule has 3 nitrogen and oxygen atoms in total. The zero-order valence-electron chi connectivity index (χ0n) is 6.29. The van der Waals surface area contributed by atoms with E-state index in [1.807, 2.05) is 0 Å². The van der Waals surface area contributed by atoms with Crippen molar-refractivity contribution in [3.05, 3.63) is 29.8 Å². The Morgan fingerprint density at radius 1 is 1.25 bits per heavy atom. The molecule has 60 valence electrons. The Bertz CT molecular complexity index is 250. The van der Waals surface area contributed by atoms with Crippen LogP contribution in [0.2, 0.25) is 0 Å². The van der Waals surface area contributed by atoms with E-state index in [9.17, 15) is 9.90 Å². The molecule has 0 aliphatic rings. The van der Waals surface area contributed by atoms with E-state index in [2.05, 4.69) is 0 Å². The van der Waals surface area contributed by atoms with Crippen LogP contribution in [0.15, 0.2) is 24.3 Å². The molecule has 1 aromatic rings. The first-order valence-corrected chi connectivity index (χ1v) is 2.77. The average Bonchev–Trinajstić information content (AvgIpc) is 1.88. The summed E-state index contributed by atoms with van der Waals surface area (Å²) in [5, 5.41) is 10.2. The minimum atomic E-state index is -1.18. The van der Waals surface area contributed by atoms with Gasteiger partial charge in [-0.2, -0.15) is 0 Å². The fourth-order valence-corrected chi connectivity index (χ4v) is 0.619. The molecule has 0 saturated carbocycles. The third-order valence-electron chi connectivity index (χ3n) is 1.15. The van der Waals surface area contributed by atoms with Crippen LogP contribution < -0.4 is 23.2 Å². The Labute approximate surface area is 117 Å². The molecule has 0 atom stereocenters. The zero-order valence-corrected chi connectivity index (χ0v) is 11.5. The fraction of sp³-hybridized carbons (Fsp3) is 0. The quantitative estimate of drug-likeness (QED) is 0.428. The van der Waals surface area contributed by atoms with Crippen LogP contribution in [-0.2, 0) is 0 Å². The predicted molar refractivity (Wildman–Crippen MR) is 40.9 cm³/mol. The van der Waals surface area contributed by atoms with Gasteiger partial charge in [0.1, 0.15) is 0 Å². The van der Waals surface area contributed by atoms with Crippen LogP contribution in [0.3, 0.4) is 0 Å². The molecular formula is C7H6BaClNO2. The van der Waals surface area contributed by atoms with Crippen molar-refractivity contribution in [2.24, 2.45) is 0 Å². The first-order chi connectivity index (χ1) is 4.70. The molecule has 1 rings (SSSR count). The first-order valence-electron chi connectivity index (χ1n) is 2.77. The molecule has 0 bridgehead atoms. The molecule has 0 radical (unpaired) electrons. The SMILES string of the molecule is Nc1ccc(C(=O)[O-])cc1.[Ba+2].[Cl-]. The molecule has 0 spiro atoms. The number of carboxylic acid groups (broad SMARTS) is 1. The molecule has 2 N–H and O–H groups in total. The Morgan fingerprint density at radius 2 is 1.67 bits per heavy atom. The van der Waals surface area contributed by atoms with E-state index in [0.717, 1.165) is 0 Å². The molecule has 1 aromatic carbocycles. The zero-order chi connectivity index (χ0) is 7.56. The normalized spacial score (nSPS) is 7.67. The van der Waals surface area contributed by atoms with Crippen molar-refractivity contribution in [3.8, 4) is 0 Å². The largest absolute Gasteiger partial charge is 2.00 e. The van der Waals surface area contributed by atoms with Crippen LogP contribution in [0.25, 0.3) is 0 Å². The van der Waals surface area contributed by atoms with Gasteiger partial charge < -0.3 is 28.0 Å². The summed E-state index contributed by atoms with van der Waals surface area (Å²) in [6, 6.07) is 5.85. The van der Waals surface area contributed by atoms with Crippen molar-refractivity contribution in [2.75, 3.05) is 5.73 Å². The number of halogens is 1. The third kappa shape index (κ3) is 4.40. The van der Waals surface area contributed by atoms with Crippen molar-refractivity contribution in [1.82, 2.24) is 0 Å². The van der Waals surface area contributed by atoms with Gasteiger partial charge in [0.25, 0.3) is 0 Å². The summed E-state index contributed by atoms with van der Waals surface area (Å²) in [4.78, 5) is 10.2. The second kappa shape index (κ2) is 6.82. The molecule has 0 aliphatic carbocycles. The van der Waals surface area contributed by atoms with Crippen molar-refractivity contribution >= 4 is 60.5 Å². The summed E-state index contributed by atoms with van der Waals surface area (Å²) in [6.07, 6.45) is 0. The number of nitrogens with two attached hydrogens (primary N) is 1. The fourth-order valence-electron chi connectivity index (χ4n) is 0.619. The third-order valence-corrected chi connectivity index (χ3v) is 1.15. The summed E-state index contributed by atoms with van der Waals surface area (Å²) in [6.45, 7) is 0. The Balaban J connectivity index is 0. The monoisotopic (exact) mass is 309 g/mol. The van der Waals surface area contributed by atoms with Crippen molar-refractivity contribution in [2.45, 2.75) is 0 Å². The molecule has 0 aliphatic heterocycles. The van der Waals surface area contributed by atoms with Crippen LogP contribution in [-0.4, -0.2) is 54.9 Å². The number of hydrogen-bond acceptors (Lipinski definition) is 3.